The SMILES string of the molecule is C.CC(C)(C)NCc1ccc2ccccc2n1.CC(C)NCc1ccc2ccccc2n1.CCNCc1ccc2ccccc2n1.CCc1ccc(Cl)cn1.CCc1ccc2c(n1)CCCC2.CCc1ccc2ccccc2n1.CCc1cccc(Cl)n1.CCc1ccccn1.CNCc1ccc2ccccc2n1.NCc1ccc(Cl)c(Cl)n1. The van der Waals surface area contributed by atoms with E-state index in [1.807, 2.05) is 135 Å². The third-order valence-corrected chi connectivity index (χ3v) is 19.2. The highest BCUT2D eigenvalue weighted by atomic mass is 35.5. The highest BCUT2D eigenvalue weighted by Crippen LogP contribution is 2.22. The van der Waals surface area contributed by atoms with Gasteiger partial charge in [-0.2, -0.15) is 0 Å². The summed E-state index contributed by atoms with van der Waals surface area (Å²) in [5.41, 5.74) is 24.5. The molecule has 0 amide bonds. The van der Waals surface area contributed by atoms with E-state index in [-0.39, 0.29) is 13.0 Å². The molecule has 0 fully saturated rings. The van der Waals surface area contributed by atoms with Crippen molar-refractivity contribution < 1.29 is 0 Å². The van der Waals surface area contributed by atoms with Crippen LogP contribution < -0.4 is 27.0 Å². The van der Waals surface area contributed by atoms with E-state index in [1.54, 1.807) is 24.4 Å². The summed E-state index contributed by atoms with van der Waals surface area (Å²) in [6.45, 7) is 28.1. The first-order valence-electron chi connectivity index (χ1n) is 40.9. The number of nitrogens with zero attached hydrogens (tertiary/aromatic N) is 10. The van der Waals surface area contributed by atoms with Crippen molar-refractivity contribution in [1.29, 1.82) is 0 Å². The summed E-state index contributed by atoms with van der Waals surface area (Å²) in [6, 6.07) is 85.7. The number of pyridine rings is 10. The molecule has 0 bridgehead atoms. The van der Waals surface area contributed by atoms with Crippen molar-refractivity contribution in [1.82, 2.24) is 71.1 Å². The zero-order chi connectivity index (χ0) is 84.7. The minimum absolute atomic E-state index is 0. The molecule has 119 heavy (non-hydrogen) atoms. The smallest absolute Gasteiger partial charge is 0.147 e. The van der Waals surface area contributed by atoms with Gasteiger partial charge in [-0.15, -0.1) is 0 Å². The first-order chi connectivity index (χ1) is 57.2. The number of halogens is 4. The predicted molar refractivity (Wildman–Crippen MR) is 507 cm³/mol. The maximum atomic E-state index is 5.61. The largest absolute Gasteiger partial charge is 0.325 e. The van der Waals surface area contributed by atoms with Crippen molar-refractivity contribution in [2.75, 3.05) is 13.6 Å². The van der Waals surface area contributed by atoms with E-state index in [1.165, 1.54) is 69.6 Å². The first kappa shape index (κ1) is 97.7. The highest BCUT2D eigenvalue weighted by Gasteiger charge is 2.12. The van der Waals surface area contributed by atoms with Gasteiger partial charge < -0.3 is 27.0 Å². The third kappa shape index (κ3) is 37.0. The van der Waals surface area contributed by atoms with Crippen LogP contribution in [0, 0.1) is 0 Å². The van der Waals surface area contributed by atoms with Gasteiger partial charge >= 0.3 is 0 Å². The fourth-order valence-corrected chi connectivity index (χ4v) is 12.1. The average molecular weight is 1670 g/mol. The van der Waals surface area contributed by atoms with Crippen LogP contribution in [0.4, 0.5) is 0 Å². The molecule has 1 aliphatic rings. The Bertz CT molecular complexity index is 5380. The topological polar surface area (TPSA) is 203 Å². The molecule has 0 radical (unpaired) electrons. The summed E-state index contributed by atoms with van der Waals surface area (Å²) in [6.07, 6.45) is 13.6. The van der Waals surface area contributed by atoms with Crippen LogP contribution >= 0.6 is 46.4 Å². The van der Waals surface area contributed by atoms with Crippen LogP contribution in [0.3, 0.4) is 0 Å². The van der Waals surface area contributed by atoms with Gasteiger partial charge in [-0.25, -0.2) is 9.97 Å². The fraction of sp³-hybridized carbons (Fsp3) is 0.300. The monoisotopic (exact) mass is 1670 g/mol. The molecule has 15 nitrogen and oxygen atoms in total. The lowest BCUT2D eigenvalue weighted by Gasteiger charge is -2.20. The molecule has 16 rings (SSSR count). The Morgan fingerprint density at radius 2 is 0.782 bits per heavy atom. The number of rotatable bonds is 16. The second-order valence-electron chi connectivity index (χ2n) is 28.8. The Labute approximate surface area is 727 Å². The van der Waals surface area contributed by atoms with Gasteiger partial charge in [0.15, 0.2) is 0 Å². The third-order valence-electron chi connectivity index (χ3n) is 18.1. The second-order valence-corrected chi connectivity index (χ2v) is 30.4. The lowest BCUT2D eigenvalue weighted by atomic mass is 9.96. The highest BCUT2D eigenvalue weighted by molar-refractivity contribution is 6.41. The van der Waals surface area contributed by atoms with E-state index >= 15 is 0 Å². The van der Waals surface area contributed by atoms with Crippen LogP contribution in [0.5, 0.6) is 0 Å². The maximum absolute atomic E-state index is 5.61. The summed E-state index contributed by atoms with van der Waals surface area (Å²) in [5.74, 6) is 0. The molecule has 0 saturated heterocycles. The summed E-state index contributed by atoms with van der Waals surface area (Å²) in [7, 11) is 1.93. The van der Waals surface area contributed by atoms with Crippen LogP contribution in [0.2, 0.25) is 20.4 Å². The molecule has 0 saturated carbocycles. The summed E-state index contributed by atoms with van der Waals surface area (Å²) < 4.78 is 0. The van der Waals surface area contributed by atoms with Gasteiger partial charge in [0.05, 0.1) is 66.1 Å². The zero-order valence-electron chi connectivity index (χ0n) is 70.6. The number of hydrogen-bond donors (Lipinski definition) is 5. The number of para-hydroxylation sites is 5. The van der Waals surface area contributed by atoms with E-state index in [2.05, 4.69) is 263 Å². The summed E-state index contributed by atoms with van der Waals surface area (Å²) >= 11 is 22.4. The molecule has 15 aromatic rings. The van der Waals surface area contributed by atoms with Gasteiger partial charge in [0, 0.05) is 118 Å². The number of hydrogen-bond acceptors (Lipinski definition) is 15. The Hall–Kier alpha value is -10.1. The van der Waals surface area contributed by atoms with Gasteiger partial charge in [0.1, 0.15) is 10.3 Å². The molecular formula is C100H121Cl4N15. The number of aryl methyl sites for hydroxylation is 7. The molecule has 10 heterocycles. The van der Waals surface area contributed by atoms with Crippen molar-refractivity contribution in [3.63, 3.8) is 0 Å². The molecule has 0 spiro atoms. The summed E-state index contributed by atoms with van der Waals surface area (Å²) in [4.78, 5) is 43.5. The molecule has 10 aromatic heterocycles. The molecular weight excluding hydrogens is 1550 g/mol. The predicted octanol–water partition coefficient (Wildman–Crippen LogP) is 24.2. The lowest BCUT2D eigenvalue weighted by Crippen LogP contribution is -2.35. The Morgan fingerprint density at radius 3 is 1.19 bits per heavy atom. The van der Waals surface area contributed by atoms with E-state index in [4.69, 9.17) is 52.1 Å². The molecule has 19 heteroatoms. The quantitative estimate of drug-likeness (QED) is 0.0571. The van der Waals surface area contributed by atoms with Crippen molar-refractivity contribution in [2.45, 2.75) is 186 Å². The normalized spacial score (nSPS) is 10.9. The first-order valence-corrected chi connectivity index (χ1v) is 42.4. The molecule has 5 aromatic carbocycles. The van der Waals surface area contributed by atoms with Gasteiger partial charge in [-0.05, 0) is 213 Å². The van der Waals surface area contributed by atoms with Crippen LogP contribution in [0.1, 0.15) is 165 Å². The number of benzene rings is 5. The van der Waals surface area contributed by atoms with Crippen LogP contribution in [-0.4, -0.2) is 75.0 Å². The molecule has 0 unspecified atom stereocenters. The molecule has 0 aliphatic heterocycles. The maximum Gasteiger partial charge on any atom is 0.147 e. The number of nitrogens with one attached hydrogen (secondary N) is 4. The standard InChI is InChI=1S/C14H18N2.C13H16N2.C12H14N2.C11H12N2.C11H15N.C11H11N.2C7H8ClN.C7H9N.C6H6Cl2N2.CH4/c1-14(2,3)15-10-12-9-8-11-6-4-5-7-13(11)16-12;1-10(2)14-9-12-8-7-11-5-3-4-6-13(11)15-12;1-2-13-9-11-8-7-10-5-3-4-6-12(10)14-11;1-12-8-10-7-6-9-4-2-3-5-11(9)13-10;2*1-2-10-8-7-9-5-3-4-6-11(9)12-10;1-2-7-4-3-6(8)5-9-7;1-2-6-4-3-5-7(8)9-6;1-2-7-5-3-4-6-8-7;7-5-2-1-4(3-9)10-6(5)8;/h4-9,15H,10H2,1-3H3;3-8,10,14H,9H2,1-2H3;3-8,13H,2,9H2,1H3;2-7,12H,8H2,1H3;7-8H,2-6H2,1H3;3-8H,2H2,1H3;2*3-5H,2H2,1H3;3-6H,2H2,1H3;1-2H,3,9H2;1H4. The van der Waals surface area contributed by atoms with Gasteiger partial charge in [-0.3, -0.25) is 39.9 Å². The van der Waals surface area contributed by atoms with Crippen molar-refractivity contribution in [2.24, 2.45) is 5.73 Å². The zero-order valence-corrected chi connectivity index (χ0v) is 73.7. The van der Waals surface area contributed by atoms with Gasteiger partial charge in [0.25, 0.3) is 0 Å². The lowest BCUT2D eigenvalue weighted by molar-refractivity contribution is 0.421. The Balaban J connectivity index is 0.000000206. The Morgan fingerprint density at radius 1 is 0.378 bits per heavy atom. The number of fused-ring (bicyclic) bond motifs is 6. The Kier molecular flexibility index (Phi) is 45.0. The average Bonchev–Trinajstić information content (AvgIpc) is 0.871. The van der Waals surface area contributed by atoms with E-state index in [9.17, 15) is 0 Å². The van der Waals surface area contributed by atoms with Crippen molar-refractivity contribution in [3.8, 4) is 0 Å². The fourth-order valence-electron chi connectivity index (χ4n) is 11.5. The minimum Gasteiger partial charge on any atom is -0.325 e. The molecule has 6 N–H and O–H groups in total. The van der Waals surface area contributed by atoms with E-state index in [0.29, 0.717) is 32.9 Å². The van der Waals surface area contributed by atoms with Gasteiger partial charge in [-0.1, -0.05) is 249 Å². The number of aromatic nitrogens is 10. The minimum atomic E-state index is 0. The second kappa shape index (κ2) is 54.8. The van der Waals surface area contributed by atoms with E-state index < -0.39 is 0 Å². The molecule has 624 valence electrons. The summed E-state index contributed by atoms with van der Waals surface area (Å²) in [5, 5.41) is 21.2. The van der Waals surface area contributed by atoms with Crippen LogP contribution in [0.15, 0.2) is 267 Å². The van der Waals surface area contributed by atoms with E-state index in [0.717, 1.165) is 144 Å². The number of nitrogens with two attached hydrogens (primary N) is 1. The van der Waals surface area contributed by atoms with Crippen LogP contribution in [-0.2, 0) is 77.7 Å². The van der Waals surface area contributed by atoms with Crippen LogP contribution in [0.25, 0.3) is 54.5 Å². The molecule has 1 aliphatic carbocycles. The van der Waals surface area contributed by atoms with Crippen molar-refractivity contribution >= 4 is 101 Å². The molecule has 0 atom stereocenters. The van der Waals surface area contributed by atoms with Gasteiger partial charge in [0.2, 0.25) is 0 Å². The van der Waals surface area contributed by atoms with Crippen molar-refractivity contribution in [3.05, 3.63) is 356 Å².